The fourth-order valence-electron chi connectivity index (χ4n) is 2.92. The van der Waals surface area contributed by atoms with Crippen molar-refractivity contribution in [1.82, 2.24) is 0 Å². The lowest BCUT2D eigenvalue weighted by molar-refractivity contribution is 0.975. The lowest BCUT2D eigenvalue weighted by atomic mass is 9.92. The molecule has 0 bridgehead atoms. The van der Waals surface area contributed by atoms with Crippen LogP contribution in [-0.4, -0.2) is 0 Å². The molecule has 1 heteroatoms. The standard InChI is InChI=1S/C24H25N.2C2H6/c1-8-19(6)25(17(3)4)24-15-14-21(9-2)16-23(24)20(7)22-13-11-10-12-18(22)5;2*1-2/h2,10-16H,3,6-8H2,1,4-5H3;2*1-2H3. The molecule has 0 aliphatic rings. The highest BCUT2D eigenvalue weighted by Crippen LogP contribution is 2.36. The summed E-state index contributed by atoms with van der Waals surface area (Å²) in [6, 6.07) is 14.2. The van der Waals surface area contributed by atoms with E-state index in [1.165, 1.54) is 5.56 Å². The summed E-state index contributed by atoms with van der Waals surface area (Å²) in [7, 11) is 0. The third-order valence-corrected chi connectivity index (χ3v) is 4.31. The van der Waals surface area contributed by atoms with Crippen molar-refractivity contribution in [2.75, 3.05) is 4.90 Å². The monoisotopic (exact) mass is 387 g/mol. The van der Waals surface area contributed by atoms with Crippen molar-refractivity contribution in [2.45, 2.75) is 54.9 Å². The van der Waals surface area contributed by atoms with Gasteiger partial charge in [-0.1, -0.05) is 84.5 Å². The van der Waals surface area contributed by atoms with E-state index in [1.807, 2.05) is 65.0 Å². The maximum Gasteiger partial charge on any atom is 0.0533 e. The van der Waals surface area contributed by atoms with Crippen molar-refractivity contribution in [1.29, 1.82) is 0 Å². The molecule has 0 atom stereocenters. The zero-order valence-electron chi connectivity index (χ0n) is 19.4. The molecule has 0 N–H and O–H groups in total. The zero-order chi connectivity index (χ0) is 22.6. The van der Waals surface area contributed by atoms with E-state index in [9.17, 15) is 0 Å². The number of terminal acetylenes is 1. The third-order valence-electron chi connectivity index (χ3n) is 4.31. The Morgan fingerprint density at radius 3 is 2.03 bits per heavy atom. The Balaban J connectivity index is 0.00000184. The molecule has 0 aromatic heterocycles. The summed E-state index contributed by atoms with van der Waals surface area (Å²) in [6.45, 7) is 26.9. The van der Waals surface area contributed by atoms with Crippen LogP contribution < -0.4 is 4.90 Å². The van der Waals surface area contributed by atoms with E-state index in [0.29, 0.717) is 0 Å². The number of rotatable bonds is 6. The molecule has 0 amide bonds. The Kier molecular flexibility index (Phi) is 11.9. The lowest BCUT2D eigenvalue weighted by Gasteiger charge is -2.29. The molecular formula is C28H37N. The second kappa shape index (κ2) is 13.2. The molecule has 0 saturated carbocycles. The number of aryl methyl sites for hydroxylation is 1. The van der Waals surface area contributed by atoms with Crippen LogP contribution >= 0.6 is 0 Å². The second-order valence-corrected chi connectivity index (χ2v) is 6.16. The van der Waals surface area contributed by atoms with E-state index in [2.05, 4.69) is 56.5 Å². The smallest absolute Gasteiger partial charge is 0.0533 e. The van der Waals surface area contributed by atoms with Crippen LogP contribution in [0.3, 0.4) is 0 Å². The molecule has 2 aromatic carbocycles. The first-order chi connectivity index (χ1) is 13.9. The topological polar surface area (TPSA) is 3.24 Å². The summed E-state index contributed by atoms with van der Waals surface area (Å²) in [5.41, 5.74) is 7.98. The molecular weight excluding hydrogens is 350 g/mol. The van der Waals surface area contributed by atoms with Crippen LogP contribution in [0.2, 0.25) is 0 Å². The average molecular weight is 388 g/mol. The van der Waals surface area contributed by atoms with Crippen LogP contribution in [0.1, 0.15) is 70.2 Å². The van der Waals surface area contributed by atoms with Gasteiger partial charge in [0.2, 0.25) is 0 Å². The lowest BCUT2D eigenvalue weighted by Crippen LogP contribution is -2.20. The predicted molar refractivity (Wildman–Crippen MR) is 133 cm³/mol. The molecule has 154 valence electrons. The molecule has 2 rings (SSSR count). The first kappa shape index (κ1) is 26.0. The van der Waals surface area contributed by atoms with Crippen LogP contribution in [0.5, 0.6) is 0 Å². The van der Waals surface area contributed by atoms with Gasteiger partial charge in [0.25, 0.3) is 0 Å². The molecule has 29 heavy (non-hydrogen) atoms. The maximum absolute atomic E-state index is 5.63. The Morgan fingerprint density at radius 1 is 0.966 bits per heavy atom. The van der Waals surface area contributed by atoms with E-state index in [1.54, 1.807) is 0 Å². The maximum atomic E-state index is 5.63. The molecule has 0 unspecified atom stereocenters. The second-order valence-electron chi connectivity index (χ2n) is 6.16. The first-order valence-electron chi connectivity index (χ1n) is 10.4. The van der Waals surface area contributed by atoms with E-state index in [0.717, 1.165) is 45.8 Å². The summed E-state index contributed by atoms with van der Waals surface area (Å²) in [5, 5.41) is 0. The highest BCUT2D eigenvalue weighted by atomic mass is 15.1. The molecule has 1 nitrogen and oxygen atoms in total. The van der Waals surface area contributed by atoms with Crippen LogP contribution in [0, 0.1) is 19.3 Å². The normalized spacial score (nSPS) is 9.03. The molecule has 0 spiro atoms. The summed E-state index contributed by atoms with van der Waals surface area (Å²) in [6.07, 6.45) is 6.46. The minimum atomic E-state index is 0.831. The van der Waals surface area contributed by atoms with Crippen LogP contribution in [0.25, 0.3) is 5.57 Å². The summed E-state index contributed by atoms with van der Waals surface area (Å²) >= 11 is 0. The van der Waals surface area contributed by atoms with Gasteiger partial charge in [-0.05, 0) is 55.2 Å². The number of nitrogens with zero attached hydrogens (tertiary/aromatic N) is 1. The Morgan fingerprint density at radius 2 is 1.55 bits per heavy atom. The first-order valence-corrected chi connectivity index (χ1v) is 10.4. The Hall–Kier alpha value is -2.98. The number of allylic oxidation sites excluding steroid dienone is 2. The van der Waals surface area contributed by atoms with Gasteiger partial charge in [0.15, 0.2) is 0 Å². The molecule has 0 fully saturated rings. The van der Waals surface area contributed by atoms with E-state index < -0.39 is 0 Å². The largest absolute Gasteiger partial charge is 0.319 e. The average Bonchev–Trinajstić information content (AvgIpc) is 2.76. The molecule has 0 radical (unpaired) electrons. The van der Waals surface area contributed by atoms with Crippen LogP contribution in [0.4, 0.5) is 5.69 Å². The highest BCUT2D eigenvalue weighted by Gasteiger charge is 2.18. The number of hydrogen-bond donors (Lipinski definition) is 0. The van der Waals surface area contributed by atoms with Gasteiger partial charge >= 0.3 is 0 Å². The molecule has 2 aromatic rings. The Labute approximate surface area is 179 Å². The van der Waals surface area contributed by atoms with Gasteiger partial charge in [-0.15, -0.1) is 6.42 Å². The summed E-state index contributed by atoms with van der Waals surface area (Å²) in [4.78, 5) is 2.08. The third kappa shape index (κ3) is 6.54. The van der Waals surface area contributed by atoms with Gasteiger partial charge in [0, 0.05) is 22.5 Å². The number of hydrogen-bond acceptors (Lipinski definition) is 1. The van der Waals surface area contributed by atoms with E-state index in [4.69, 9.17) is 6.42 Å². The van der Waals surface area contributed by atoms with Crippen molar-refractivity contribution >= 4 is 11.3 Å². The van der Waals surface area contributed by atoms with Gasteiger partial charge in [-0.25, -0.2) is 0 Å². The van der Waals surface area contributed by atoms with Crippen molar-refractivity contribution in [3.8, 4) is 12.3 Å². The van der Waals surface area contributed by atoms with Gasteiger partial charge in [0.05, 0.1) is 5.69 Å². The fraction of sp³-hybridized carbons (Fsp3) is 0.286. The molecule has 0 aliphatic carbocycles. The predicted octanol–water partition coefficient (Wildman–Crippen LogP) is 8.35. The fourth-order valence-corrected chi connectivity index (χ4v) is 2.92. The number of benzene rings is 2. The minimum Gasteiger partial charge on any atom is -0.319 e. The van der Waals surface area contributed by atoms with Crippen LogP contribution in [0.15, 0.2) is 73.6 Å². The van der Waals surface area contributed by atoms with Crippen molar-refractivity contribution in [3.05, 3.63) is 95.8 Å². The quantitative estimate of drug-likeness (QED) is 0.450. The highest BCUT2D eigenvalue weighted by molar-refractivity contribution is 5.88. The molecule has 0 heterocycles. The van der Waals surface area contributed by atoms with Gasteiger partial charge in [-0.3, -0.25) is 0 Å². The summed E-state index contributed by atoms with van der Waals surface area (Å²) < 4.78 is 0. The minimum absolute atomic E-state index is 0.831. The van der Waals surface area contributed by atoms with Gasteiger partial charge in [-0.2, -0.15) is 0 Å². The van der Waals surface area contributed by atoms with E-state index in [-0.39, 0.29) is 0 Å². The van der Waals surface area contributed by atoms with Crippen molar-refractivity contribution in [3.63, 3.8) is 0 Å². The zero-order valence-corrected chi connectivity index (χ0v) is 19.4. The Bertz CT molecular complexity index is 877. The summed E-state index contributed by atoms with van der Waals surface area (Å²) in [5.74, 6) is 2.72. The molecule has 0 saturated heterocycles. The SMILES string of the molecule is C#Cc1ccc(N(C(=C)C)C(=C)CC)c(C(=C)c2ccccc2C)c1.CC.CC. The van der Waals surface area contributed by atoms with Gasteiger partial charge in [0.1, 0.15) is 0 Å². The molecule has 0 aliphatic heterocycles. The van der Waals surface area contributed by atoms with Crippen LogP contribution in [-0.2, 0) is 0 Å². The van der Waals surface area contributed by atoms with Crippen molar-refractivity contribution in [2.24, 2.45) is 0 Å². The van der Waals surface area contributed by atoms with Crippen molar-refractivity contribution < 1.29 is 0 Å². The number of anilines is 1. The van der Waals surface area contributed by atoms with Gasteiger partial charge < -0.3 is 4.90 Å². The van der Waals surface area contributed by atoms with E-state index >= 15 is 0 Å².